The molecule has 8 heteroatoms. The molecule has 3 rings (SSSR count). The van der Waals surface area contributed by atoms with Crippen LogP contribution in [0.2, 0.25) is 10.0 Å². The molecule has 5 nitrogen and oxygen atoms in total. The van der Waals surface area contributed by atoms with Crippen LogP contribution in [0.3, 0.4) is 0 Å². The summed E-state index contributed by atoms with van der Waals surface area (Å²) in [6.07, 6.45) is 0. The van der Waals surface area contributed by atoms with Crippen LogP contribution in [-0.2, 0) is 6.61 Å². The van der Waals surface area contributed by atoms with Gasteiger partial charge in [-0.25, -0.2) is 4.98 Å². The van der Waals surface area contributed by atoms with Crippen molar-refractivity contribution in [2.75, 3.05) is 0 Å². The summed E-state index contributed by atoms with van der Waals surface area (Å²) < 4.78 is 6.85. The van der Waals surface area contributed by atoms with E-state index in [4.69, 9.17) is 27.9 Å². The van der Waals surface area contributed by atoms with E-state index in [1.54, 1.807) is 25.1 Å². The molecule has 0 saturated carbocycles. The van der Waals surface area contributed by atoms with Crippen molar-refractivity contribution in [2.45, 2.75) is 13.5 Å². The predicted molar refractivity (Wildman–Crippen MR) is 82.7 cm³/mol. The first-order chi connectivity index (χ1) is 10.0. The highest BCUT2D eigenvalue weighted by Gasteiger charge is 2.09. The number of halogens is 2. The Bertz CT molecular complexity index is 875. The first-order valence-electron chi connectivity index (χ1n) is 5.97. The van der Waals surface area contributed by atoms with Crippen LogP contribution in [0.25, 0.3) is 4.96 Å². The van der Waals surface area contributed by atoms with E-state index in [1.165, 1.54) is 21.9 Å². The van der Waals surface area contributed by atoms with Crippen molar-refractivity contribution in [3.05, 3.63) is 55.4 Å². The molecular weight excluding hydrogens is 333 g/mol. The minimum Gasteiger partial charge on any atom is -0.485 e. The Morgan fingerprint density at radius 3 is 2.95 bits per heavy atom. The van der Waals surface area contributed by atoms with Gasteiger partial charge in [0.15, 0.2) is 5.01 Å². The predicted octanol–water partition coefficient (Wildman–Crippen LogP) is 3.35. The Morgan fingerprint density at radius 1 is 1.33 bits per heavy atom. The van der Waals surface area contributed by atoms with Gasteiger partial charge in [-0.05, 0) is 19.1 Å². The van der Waals surface area contributed by atoms with Gasteiger partial charge in [0.05, 0.1) is 5.02 Å². The van der Waals surface area contributed by atoms with Crippen LogP contribution < -0.4 is 10.3 Å². The lowest BCUT2D eigenvalue weighted by molar-refractivity contribution is 0.304. The van der Waals surface area contributed by atoms with Crippen molar-refractivity contribution in [3.63, 3.8) is 0 Å². The average molecular weight is 342 g/mol. The van der Waals surface area contributed by atoms with Crippen LogP contribution in [0, 0.1) is 6.92 Å². The molecule has 0 saturated heterocycles. The van der Waals surface area contributed by atoms with Gasteiger partial charge in [0, 0.05) is 22.8 Å². The molecule has 0 N–H and O–H groups in total. The molecule has 0 bridgehead atoms. The number of rotatable bonds is 3. The normalized spacial score (nSPS) is 11.0. The van der Waals surface area contributed by atoms with Crippen LogP contribution in [0.1, 0.15) is 10.7 Å². The summed E-state index contributed by atoms with van der Waals surface area (Å²) in [5.74, 6) is 0.472. The molecule has 108 valence electrons. The maximum Gasteiger partial charge on any atom is 0.275 e. The lowest BCUT2D eigenvalue weighted by Crippen LogP contribution is -2.14. The molecule has 0 aliphatic carbocycles. The number of hydrogen-bond acceptors (Lipinski definition) is 5. The molecule has 0 fully saturated rings. The van der Waals surface area contributed by atoms with E-state index in [9.17, 15) is 4.79 Å². The molecule has 0 spiro atoms. The van der Waals surface area contributed by atoms with E-state index in [2.05, 4.69) is 10.1 Å². The van der Waals surface area contributed by atoms with Crippen LogP contribution in [0.5, 0.6) is 5.75 Å². The minimum atomic E-state index is -0.208. The number of ether oxygens (including phenoxy) is 1. The molecule has 0 aliphatic heterocycles. The Kier molecular flexibility index (Phi) is 3.84. The second-order valence-electron chi connectivity index (χ2n) is 4.29. The summed E-state index contributed by atoms with van der Waals surface area (Å²) in [7, 11) is 0. The number of fused-ring (bicyclic) bond motifs is 1. The first kappa shape index (κ1) is 14.3. The topological polar surface area (TPSA) is 56.5 Å². The molecular formula is C13H9Cl2N3O2S. The van der Waals surface area contributed by atoms with Gasteiger partial charge >= 0.3 is 0 Å². The van der Waals surface area contributed by atoms with Crippen LogP contribution in [0.4, 0.5) is 0 Å². The Labute approximate surface area is 133 Å². The van der Waals surface area contributed by atoms with Gasteiger partial charge in [-0.15, -0.1) is 0 Å². The van der Waals surface area contributed by atoms with Crippen LogP contribution in [0.15, 0.2) is 29.1 Å². The zero-order valence-electron chi connectivity index (χ0n) is 10.8. The summed E-state index contributed by atoms with van der Waals surface area (Å²) >= 11 is 13.2. The van der Waals surface area contributed by atoms with Gasteiger partial charge in [0.2, 0.25) is 4.96 Å². The summed E-state index contributed by atoms with van der Waals surface area (Å²) in [5, 5.41) is 5.80. The van der Waals surface area contributed by atoms with E-state index in [-0.39, 0.29) is 12.2 Å². The Balaban J connectivity index is 1.87. The summed E-state index contributed by atoms with van der Waals surface area (Å²) in [4.78, 5) is 16.6. The van der Waals surface area contributed by atoms with E-state index < -0.39 is 0 Å². The van der Waals surface area contributed by atoms with Gasteiger partial charge in [-0.1, -0.05) is 34.5 Å². The van der Waals surface area contributed by atoms with E-state index in [0.29, 0.717) is 31.5 Å². The Hall–Kier alpha value is -1.63. The lowest BCUT2D eigenvalue weighted by atomic mass is 10.3. The fourth-order valence-corrected chi connectivity index (χ4v) is 2.94. The summed E-state index contributed by atoms with van der Waals surface area (Å²) in [6, 6.07) is 6.41. The van der Waals surface area contributed by atoms with Crippen molar-refractivity contribution in [2.24, 2.45) is 0 Å². The zero-order valence-corrected chi connectivity index (χ0v) is 13.2. The molecule has 0 radical (unpaired) electrons. The smallest absolute Gasteiger partial charge is 0.275 e. The van der Waals surface area contributed by atoms with Crippen LogP contribution in [-0.4, -0.2) is 14.6 Å². The maximum absolute atomic E-state index is 11.8. The average Bonchev–Trinajstić information content (AvgIpc) is 2.83. The fraction of sp³-hybridized carbons (Fsp3) is 0.154. The van der Waals surface area contributed by atoms with Gasteiger partial charge in [-0.2, -0.15) is 9.61 Å². The highest BCUT2D eigenvalue weighted by atomic mass is 35.5. The summed E-state index contributed by atoms with van der Waals surface area (Å²) in [5.41, 5.74) is 0.454. The van der Waals surface area contributed by atoms with Gasteiger partial charge in [-0.3, -0.25) is 4.79 Å². The number of hydrogen-bond donors (Lipinski definition) is 0. The van der Waals surface area contributed by atoms with Crippen molar-refractivity contribution < 1.29 is 4.74 Å². The lowest BCUT2D eigenvalue weighted by Gasteiger charge is -2.05. The second-order valence-corrected chi connectivity index (χ2v) is 6.17. The number of aromatic nitrogens is 3. The Morgan fingerprint density at radius 2 is 2.14 bits per heavy atom. The molecule has 0 amide bonds. The molecule has 1 aromatic carbocycles. The number of benzene rings is 1. The summed E-state index contributed by atoms with van der Waals surface area (Å²) in [6.45, 7) is 1.95. The molecule has 2 aromatic heterocycles. The highest BCUT2D eigenvalue weighted by molar-refractivity contribution is 7.16. The van der Waals surface area contributed by atoms with Crippen molar-refractivity contribution >= 4 is 39.5 Å². The molecule has 0 unspecified atom stereocenters. The molecule has 0 aliphatic rings. The van der Waals surface area contributed by atoms with Crippen molar-refractivity contribution in [1.29, 1.82) is 0 Å². The second kappa shape index (κ2) is 5.63. The van der Waals surface area contributed by atoms with Crippen molar-refractivity contribution in [3.8, 4) is 5.75 Å². The largest absolute Gasteiger partial charge is 0.485 e. The zero-order chi connectivity index (χ0) is 15.0. The molecule has 3 aromatic rings. The minimum absolute atomic E-state index is 0.187. The third kappa shape index (κ3) is 3.02. The highest BCUT2D eigenvalue weighted by Crippen LogP contribution is 2.28. The van der Waals surface area contributed by atoms with Gasteiger partial charge in [0.1, 0.15) is 12.4 Å². The third-order valence-electron chi connectivity index (χ3n) is 2.66. The first-order valence-corrected chi connectivity index (χ1v) is 7.54. The van der Waals surface area contributed by atoms with E-state index in [1.807, 2.05) is 0 Å². The SMILES string of the molecule is Cc1cc(=O)n2nc(COc3cc(Cl)ccc3Cl)sc2n1. The van der Waals surface area contributed by atoms with Gasteiger partial charge in [0.25, 0.3) is 5.56 Å². The fourth-order valence-electron chi connectivity index (χ4n) is 1.75. The molecule has 21 heavy (non-hydrogen) atoms. The number of nitrogens with zero attached hydrogens (tertiary/aromatic N) is 3. The maximum atomic E-state index is 11.8. The molecule has 0 atom stereocenters. The van der Waals surface area contributed by atoms with E-state index >= 15 is 0 Å². The van der Waals surface area contributed by atoms with Crippen LogP contribution >= 0.6 is 34.5 Å². The molecule has 2 heterocycles. The quantitative estimate of drug-likeness (QED) is 0.733. The van der Waals surface area contributed by atoms with E-state index in [0.717, 1.165) is 0 Å². The standard InChI is InChI=1S/C13H9Cl2N3O2S/c1-7-4-12(19)18-13(16-7)21-11(17-18)6-20-10-5-8(14)2-3-9(10)15/h2-5H,6H2,1H3. The monoisotopic (exact) mass is 341 g/mol. The number of aryl methyl sites for hydroxylation is 1. The van der Waals surface area contributed by atoms with Gasteiger partial charge < -0.3 is 4.74 Å². The van der Waals surface area contributed by atoms with Crippen molar-refractivity contribution in [1.82, 2.24) is 14.6 Å². The third-order valence-corrected chi connectivity index (χ3v) is 4.09.